The SMILES string of the molecule is CCCCCCOc1cc(CNCC(C)C)ccn1. The molecule has 1 aromatic heterocycles. The van der Waals surface area contributed by atoms with Crippen molar-refractivity contribution >= 4 is 0 Å². The van der Waals surface area contributed by atoms with Gasteiger partial charge in [-0.2, -0.15) is 0 Å². The molecule has 0 spiro atoms. The quantitative estimate of drug-likeness (QED) is 0.653. The smallest absolute Gasteiger partial charge is 0.213 e. The van der Waals surface area contributed by atoms with Gasteiger partial charge >= 0.3 is 0 Å². The number of unbranched alkanes of at least 4 members (excludes halogenated alkanes) is 3. The van der Waals surface area contributed by atoms with Crippen molar-refractivity contribution in [3.63, 3.8) is 0 Å². The molecule has 0 unspecified atom stereocenters. The Bertz CT molecular complexity index is 339. The zero-order valence-electron chi connectivity index (χ0n) is 12.6. The lowest BCUT2D eigenvalue weighted by Crippen LogP contribution is -2.19. The van der Waals surface area contributed by atoms with Gasteiger partial charge in [0.05, 0.1) is 6.61 Å². The molecule has 0 radical (unpaired) electrons. The van der Waals surface area contributed by atoms with Crippen molar-refractivity contribution < 1.29 is 4.74 Å². The van der Waals surface area contributed by atoms with Crippen LogP contribution in [0.2, 0.25) is 0 Å². The van der Waals surface area contributed by atoms with E-state index >= 15 is 0 Å². The summed E-state index contributed by atoms with van der Waals surface area (Å²) in [6.45, 7) is 9.34. The van der Waals surface area contributed by atoms with E-state index in [4.69, 9.17) is 4.74 Å². The van der Waals surface area contributed by atoms with E-state index in [1.165, 1.54) is 24.8 Å². The van der Waals surface area contributed by atoms with E-state index in [0.717, 1.165) is 32.0 Å². The molecule has 1 N–H and O–H groups in total. The van der Waals surface area contributed by atoms with Gasteiger partial charge in [-0.3, -0.25) is 0 Å². The highest BCUT2D eigenvalue weighted by Gasteiger charge is 1.99. The highest BCUT2D eigenvalue weighted by Crippen LogP contribution is 2.10. The number of hydrogen-bond acceptors (Lipinski definition) is 3. The summed E-state index contributed by atoms with van der Waals surface area (Å²) in [6, 6.07) is 4.07. The minimum Gasteiger partial charge on any atom is -0.478 e. The van der Waals surface area contributed by atoms with Gasteiger partial charge in [-0.1, -0.05) is 40.0 Å². The van der Waals surface area contributed by atoms with Crippen molar-refractivity contribution in [2.75, 3.05) is 13.2 Å². The molecular formula is C16H28N2O. The lowest BCUT2D eigenvalue weighted by atomic mass is 10.2. The first-order chi connectivity index (χ1) is 9.22. The molecule has 0 saturated heterocycles. The van der Waals surface area contributed by atoms with Crippen LogP contribution in [0.3, 0.4) is 0 Å². The number of rotatable bonds is 10. The molecule has 0 atom stereocenters. The normalized spacial score (nSPS) is 10.9. The molecule has 3 nitrogen and oxygen atoms in total. The molecule has 0 aromatic carbocycles. The molecule has 0 aliphatic rings. The predicted molar refractivity (Wildman–Crippen MR) is 80.4 cm³/mol. The van der Waals surface area contributed by atoms with Crippen LogP contribution in [0.5, 0.6) is 5.88 Å². The maximum Gasteiger partial charge on any atom is 0.213 e. The molecule has 1 heterocycles. The Morgan fingerprint density at radius 2 is 2.11 bits per heavy atom. The highest BCUT2D eigenvalue weighted by atomic mass is 16.5. The van der Waals surface area contributed by atoms with Crippen molar-refractivity contribution in [2.45, 2.75) is 53.0 Å². The minimum absolute atomic E-state index is 0.677. The lowest BCUT2D eigenvalue weighted by molar-refractivity contribution is 0.293. The molecule has 0 aliphatic heterocycles. The van der Waals surface area contributed by atoms with Crippen LogP contribution in [0.4, 0.5) is 0 Å². The molecule has 0 aliphatic carbocycles. The fraction of sp³-hybridized carbons (Fsp3) is 0.688. The summed E-state index contributed by atoms with van der Waals surface area (Å²) < 4.78 is 5.68. The summed E-state index contributed by atoms with van der Waals surface area (Å²) in [5.41, 5.74) is 1.24. The number of pyridine rings is 1. The van der Waals surface area contributed by atoms with Gasteiger partial charge < -0.3 is 10.1 Å². The van der Waals surface area contributed by atoms with E-state index in [-0.39, 0.29) is 0 Å². The van der Waals surface area contributed by atoms with Crippen LogP contribution < -0.4 is 10.1 Å². The zero-order chi connectivity index (χ0) is 13.9. The van der Waals surface area contributed by atoms with Crippen molar-refractivity contribution in [2.24, 2.45) is 5.92 Å². The Morgan fingerprint density at radius 1 is 1.26 bits per heavy atom. The third kappa shape index (κ3) is 7.83. The number of hydrogen-bond donors (Lipinski definition) is 1. The van der Waals surface area contributed by atoms with E-state index < -0.39 is 0 Å². The van der Waals surface area contributed by atoms with Crippen molar-refractivity contribution in [1.82, 2.24) is 10.3 Å². The van der Waals surface area contributed by atoms with Crippen molar-refractivity contribution in [3.8, 4) is 5.88 Å². The Hall–Kier alpha value is -1.09. The molecule has 108 valence electrons. The van der Waals surface area contributed by atoms with Crippen LogP contribution in [-0.2, 0) is 6.54 Å². The van der Waals surface area contributed by atoms with Crippen LogP contribution in [0.1, 0.15) is 52.0 Å². The van der Waals surface area contributed by atoms with E-state index in [0.29, 0.717) is 5.92 Å². The second-order valence-electron chi connectivity index (χ2n) is 5.44. The third-order valence-electron chi connectivity index (χ3n) is 2.93. The standard InChI is InChI=1S/C16H28N2O/c1-4-5-6-7-10-19-16-11-15(8-9-18-16)13-17-12-14(2)3/h8-9,11,14,17H,4-7,10,12-13H2,1-3H3. The summed E-state index contributed by atoms with van der Waals surface area (Å²) in [6.07, 6.45) is 6.73. The molecule has 1 aromatic rings. The first kappa shape index (κ1) is 16.0. The maximum atomic E-state index is 5.68. The van der Waals surface area contributed by atoms with Crippen LogP contribution in [0.15, 0.2) is 18.3 Å². The molecule has 0 bridgehead atoms. The average Bonchev–Trinajstić information content (AvgIpc) is 2.39. The van der Waals surface area contributed by atoms with Crippen LogP contribution >= 0.6 is 0 Å². The Labute approximate surface area is 117 Å². The Balaban J connectivity index is 2.27. The fourth-order valence-corrected chi connectivity index (χ4v) is 1.85. The Morgan fingerprint density at radius 3 is 2.84 bits per heavy atom. The Kier molecular flexibility index (Phi) is 8.23. The first-order valence-electron chi connectivity index (χ1n) is 7.50. The van der Waals surface area contributed by atoms with Gasteiger partial charge in [0.25, 0.3) is 0 Å². The number of nitrogens with one attached hydrogen (secondary N) is 1. The largest absolute Gasteiger partial charge is 0.478 e. The summed E-state index contributed by atoms with van der Waals surface area (Å²) >= 11 is 0. The van der Waals surface area contributed by atoms with Gasteiger partial charge in [0, 0.05) is 18.8 Å². The second-order valence-corrected chi connectivity index (χ2v) is 5.44. The lowest BCUT2D eigenvalue weighted by Gasteiger charge is -2.09. The van der Waals surface area contributed by atoms with E-state index in [2.05, 4.69) is 31.1 Å². The van der Waals surface area contributed by atoms with E-state index in [1.54, 1.807) is 0 Å². The summed E-state index contributed by atoms with van der Waals surface area (Å²) in [7, 11) is 0. The van der Waals surface area contributed by atoms with Gasteiger partial charge in [0.15, 0.2) is 0 Å². The topological polar surface area (TPSA) is 34.1 Å². The number of ether oxygens (including phenoxy) is 1. The van der Waals surface area contributed by atoms with Gasteiger partial charge in [-0.25, -0.2) is 4.98 Å². The summed E-state index contributed by atoms with van der Waals surface area (Å²) in [4.78, 5) is 4.25. The van der Waals surface area contributed by atoms with Gasteiger partial charge in [0.2, 0.25) is 5.88 Å². The molecule has 0 fully saturated rings. The van der Waals surface area contributed by atoms with Crippen molar-refractivity contribution in [3.05, 3.63) is 23.9 Å². The van der Waals surface area contributed by atoms with Crippen molar-refractivity contribution in [1.29, 1.82) is 0 Å². The van der Waals surface area contributed by atoms with E-state index in [1.807, 2.05) is 18.3 Å². The molecule has 3 heteroatoms. The molecule has 19 heavy (non-hydrogen) atoms. The van der Waals surface area contributed by atoms with E-state index in [9.17, 15) is 0 Å². The summed E-state index contributed by atoms with van der Waals surface area (Å²) in [5, 5.41) is 3.43. The zero-order valence-corrected chi connectivity index (χ0v) is 12.6. The van der Waals surface area contributed by atoms with Gasteiger partial charge in [-0.15, -0.1) is 0 Å². The maximum absolute atomic E-state index is 5.68. The van der Waals surface area contributed by atoms with Crippen LogP contribution in [-0.4, -0.2) is 18.1 Å². The highest BCUT2D eigenvalue weighted by molar-refractivity contribution is 5.20. The van der Waals surface area contributed by atoms with Crippen LogP contribution in [0.25, 0.3) is 0 Å². The molecule has 1 rings (SSSR count). The predicted octanol–water partition coefficient (Wildman–Crippen LogP) is 3.79. The van der Waals surface area contributed by atoms with Gasteiger partial charge in [-0.05, 0) is 30.5 Å². The van der Waals surface area contributed by atoms with Gasteiger partial charge in [0.1, 0.15) is 0 Å². The first-order valence-corrected chi connectivity index (χ1v) is 7.50. The molecular weight excluding hydrogens is 236 g/mol. The second kappa shape index (κ2) is 9.79. The minimum atomic E-state index is 0.677. The summed E-state index contributed by atoms with van der Waals surface area (Å²) in [5.74, 6) is 1.43. The molecule has 0 saturated carbocycles. The third-order valence-corrected chi connectivity index (χ3v) is 2.93. The van der Waals surface area contributed by atoms with Crippen LogP contribution in [0, 0.1) is 5.92 Å². The fourth-order valence-electron chi connectivity index (χ4n) is 1.85. The molecule has 0 amide bonds. The average molecular weight is 264 g/mol. The monoisotopic (exact) mass is 264 g/mol. The number of aromatic nitrogens is 1. The number of nitrogens with zero attached hydrogens (tertiary/aromatic N) is 1.